The fourth-order valence-electron chi connectivity index (χ4n) is 2.57. The van der Waals surface area contributed by atoms with Gasteiger partial charge in [0.05, 0.1) is 9.79 Å². The number of H-pyrrole nitrogens is 1. The van der Waals surface area contributed by atoms with Gasteiger partial charge >= 0.3 is 0 Å². The smallest absolute Gasteiger partial charge is 0.240 e. The molecule has 0 saturated heterocycles. The lowest BCUT2D eigenvalue weighted by Crippen LogP contribution is -2.26. The van der Waals surface area contributed by atoms with Crippen LogP contribution >= 0.6 is 0 Å². The first-order chi connectivity index (χ1) is 12.2. The molecule has 0 aliphatic carbocycles. The lowest BCUT2D eigenvalue weighted by molar-refractivity contribution is 0.580. The van der Waals surface area contributed by atoms with E-state index in [1.807, 2.05) is 0 Å². The number of halogens is 1. The maximum absolute atomic E-state index is 13.4. The number of hydrogen-bond acceptors (Lipinski definition) is 4. The highest BCUT2D eigenvalue weighted by Crippen LogP contribution is 2.20. The molecule has 7 nitrogen and oxygen atoms in total. The van der Waals surface area contributed by atoms with Crippen LogP contribution in [0, 0.1) is 5.82 Å². The van der Waals surface area contributed by atoms with Gasteiger partial charge in [-0.15, -0.1) is 0 Å². The Labute approximate surface area is 150 Å². The number of hydrogen-bond donors (Lipinski definition) is 3. The molecule has 0 aliphatic rings. The van der Waals surface area contributed by atoms with Gasteiger partial charge < -0.3 is 4.98 Å². The number of aromatic nitrogens is 1. The molecule has 0 aliphatic heterocycles. The number of aromatic amines is 1. The van der Waals surface area contributed by atoms with Gasteiger partial charge in [-0.1, -0.05) is 0 Å². The third-order valence-electron chi connectivity index (χ3n) is 3.88. The molecular weight excluding hydrogens is 381 g/mol. The highest BCUT2D eigenvalue weighted by Gasteiger charge is 2.16. The second-order valence-electron chi connectivity index (χ2n) is 5.67. The maximum Gasteiger partial charge on any atom is 0.240 e. The van der Waals surface area contributed by atoms with Gasteiger partial charge in [0.1, 0.15) is 5.82 Å². The van der Waals surface area contributed by atoms with Crippen molar-refractivity contribution in [3.8, 4) is 0 Å². The van der Waals surface area contributed by atoms with Crippen LogP contribution in [0.25, 0.3) is 10.9 Å². The first-order valence-electron chi connectivity index (χ1n) is 7.55. The van der Waals surface area contributed by atoms with Crippen molar-refractivity contribution in [2.45, 2.75) is 16.2 Å². The predicted octanol–water partition coefficient (Wildman–Crippen LogP) is 1.48. The number of fused-ring (bicyclic) bond motifs is 1. The summed E-state index contributed by atoms with van der Waals surface area (Å²) in [5.74, 6) is -0.367. The number of primary sulfonamides is 1. The summed E-state index contributed by atoms with van der Waals surface area (Å²) in [4.78, 5) is 2.76. The average Bonchev–Trinajstić information content (AvgIpc) is 2.96. The monoisotopic (exact) mass is 397 g/mol. The van der Waals surface area contributed by atoms with E-state index in [1.54, 1.807) is 12.3 Å². The second-order valence-corrected chi connectivity index (χ2v) is 9.00. The molecule has 0 bridgehead atoms. The van der Waals surface area contributed by atoms with Crippen molar-refractivity contribution in [3.63, 3.8) is 0 Å². The van der Waals surface area contributed by atoms with Crippen molar-refractivity contribution in [2.75, 3.05) is 6.54 Å². The Bertz CT molecular complexity index is 1150. The molecule has 3 rings (SSSR count). The van der Waals surface area contributed by atoms with Crippen LogP contribution in [0.1, 0.15) is 5.56 Å². The fourth-order valence-corrected chi connectivity index (χ4v) is 4.12. The molecule has 1 heterocycles. The minimum absolute atomic E-state index is 0.0742. The minimum atomic E-state index is -3.89. The largest absolute Gasteiger partial charge is 0.361 e. The van der Waals surface area contributed by atoms with E-state index in [0.29, 0.717) is 11.8 Å². The molecule has 0 spiro atoms. The summed E-state index contributed by atoms with van der Waals surface area (Å²) in [6, 6.07) is 8.95. The van der Waals surface area contributed by atoms with Crippen molar-refractivity contribution in [2.24, 2.45) is 5.14 Å². The maximum atomic E-state index is 13.4. The number of nitrogens with two attached hydrogens (primary N) is 1. The molecule has 0 unspecified atom stereocenters. The van der Waals surface area contributed by atoms with Gasteiger partial charge in [-0.3, -0.25) is 0 Å². The fraction of sp³-hybridized carbons (Fsp3) is 0.125. The van der Waals surface area contributed by atoms with E-state index in [1.165, 1.54) is 24.3 Å². The van der Waals surface area contributed by atoms with Crippen molar-refractivity contribution >= 4 is 30.9 Å². The summed E-state index contributed by atoms with van der Waals surface area (Å²) in [5, 5.41) is 5.68. The van der Waals surface area contributed by atoms with E-state index < -0.39 is 20.0 Å². The molecule has 138 valence electrons. The summed E-state index contributed by atoms with van der Waals surface area (Å²) in [5.41, 5.74) is 1.55. The van der Waals surface area contributed by atoms with Crippen LogP contribution in [0.5, 0.6) is 0 Å². The third kappa shape index (κ3) is 3.93. The Balaban J connectivity index is 1.71. The zero-order valence-electron chi connectivity index (χ0n) is 13.4. The highest BCUT2D eigenvalue weighted by molar-refractivity contribution is 7.89. The number of benzene rings is 2. The third-order valence-corrected chi connectivity index (χ3v) is 6.28. The lowest BCUT2D eigenvalue weighted by Gasteiger charge is -2.07. The average molecular weight is 397 g/mol. The summed E-state index contributed by atoms with van der Waals surface area (Å²) < 4.78 is 62.8. The Morgan fingerprint density at radius 1 is 1.00 bits per heavy atom. The van der Waals surface area contributed by atoms with Gasteiger partial charge in [0.2, 0.25) is 20.0 Å². The molecule has 0 fully saturated rings. The zero-order chi connectivity index (χ0) is 18.9. The lowest BCUT2D eigenvalue weighted by atomic mass is 10.1. The second kappa shape index (κ2) is 6.80. The van der Waals surface area contributed by atoms with Gasteiger partial charge in [0.25, 0.3) is 0 Å². The summed E-state index contributed by atoms with van der Waals surface area (Å²) in [7, 11) is -7.69. The quantitative estimate of drug-likeness (QED) is 0.583. The van der Waals surface area contributed by atoms with Crippen LogP contribution in [0.2, 0.25) is 0 Å². The molecule has 26 heavy (non-hydrogen) atoms. The van der Waals surface area contributed by atoms with Gasteiger partial charge in [-0.25, -0.2) is 31.1 Å². The van der Waals surface area contributed by atoms with E-state index in [2.05, 4.69) is 9.71 Å². The summed E-state index contributed by atoms with van der Waals surface area (Å²) in [6.45, 7) is 0.0999. The van der Waals surface area contributed by atoms with Crippen molar-refractivity contribution in [1.29, 1.82) is 0 Å². The predicted molar refractivity (Wildman–Crippen MR) is 95.0 cm³/mol. The van der Waals surface area contributed by atoms with Gasteiger partial charge in [-0.2, -0.15) is 0 Å². The Hall–Kier alpha value is -2.27. The van der Waals surface area contributed by atoms with Crippen LogP contribution in [-0.2, 0) is 26.5 Å². The standard InChI is InChI=1S/C16H16FN3O4S2/c17-12-1-6-16-15(9-12)11(10-19-16)7-8-20-26(23,24)14-4-2-13(3-5-14)25(18,21)22/h1-6,9-10,19-20H,7-8H2,(H2,18,21,22). The number of sulfonamides is 2. The molecule has 0 saturated carbocycles. The molecule has 0 atom stereocenters. The van der Waals surface area contributed by atoms with Crippen LogP contribution < -0.4 is 9.86 Å². The summed E-state index contributed by atoms with van der Waals surface area (Å²) >= 11 is 0. The van der Waals surface area contributed by atoms with Crippen molar-refractivity contribution in [1.82, 2.24) is 9.71 Å². The topological polar surface area (TPSA) is 122 Å². The minimum Gasteiger partial charge on any atom is -0.361 e. The van der Waals surface area contributed by atoms with Gasteiger partial charge in [0.15, 0.2) is 0 Å². The number of nitrogens with one attached hydrogen (secondary N) is 2. The van der Waals surface area contributed by atoms with E-state index in [-0.39, 0.29) is 22.2 Å². The van der Waals surface area contributed by atoms with Gasteiger partial charge in [0, 0.05) is 23.6 Å². The van der Waals surface area contributed by atoms with Crippen molar-refractivity contribution in [3.05, 3.63) is 60.0 Å². The first kappa shape index (κ1) is 18.5. The van der Waals surface area contributed by atoms with Gasteiger partial charge in [-0.05, 0) is 54.4 Å². The van der Waals surface area contributed by atoms with Crippen LogP contribution in [0.15, 0.2) is 58.5 Å². The molecule has 2 aromatic carbocycles. The molecule has 4 N–H and O–H groups in total. The number of rotatable bonds is 6. The van der Waals surface area contributed by atoms with E-state index >= 15 is 0 Å². The summed E-state index contributed by atoms with van der Waals surface area (Å²) in [6.07, 6.45) is 2.07. The Kier molecular flexibility index (Phi) is 4.84. The normalized spacial score (nSPS) is 12.5. The molecule has 1 aromatic heterocycles. The Morgan fingerprint density at radius 2 is 1.65 bits per heavy atom. The first-order valence-corrected chi connectivity index (χ1v) is 10.6. The van der Waals surface area contributed by atoms with E-state index in [9.17, 15) is 21.2 Å². The molecule has 0 radical (unpaired) electrons. The zero-order valence-corrected chi connectivity index (χ0v) is 15.1. The molecular formula is C16H16FN3O4S2. The van der Waals surface area contributed by atoms with E-state index in [4.69, 9.17) is 5.14 Å². The van der Waals surface area contributed by atoms with Crippen LogP contribution in [0.3, 0.4) is 0 Å². The van der Waals surface area contributed by atoms with Crippen LogP contribution in [-0.4, -0.2) is 28.4 Å². The van der Waals surface area contributed by atoms with Crippen LogP contribution in [0.4, 0.5) is 4.39 Å². The molecule has 3 aromatic rings. The SMILES string of the molecule is NS(=O)(=O)c1ccc(S(=O)(=O)NCCc2c[nH]c3ccc(F)cc23)cc1. The molecule has 0 amide bonds. The van der Waals surface area contributed by atoms with E-state index in [0.717, 1.165) is 23.2 Å². The highest BCUT2D eigenvalue weighted by atomic mass is 32.2. The Morgan fingerprint density at radius 3 is 2.31 bits per heavy atom. The van der Waals surface area contributed by atoms with Crippen molar-refractivity contribution < 1.29 is 21.2 Å². The molecule has 10 heteroatoms.